The van der Waals surface area contributed by atoms with Crippen molar-refractivity contribution in [1.29, 1.82) is 0 Å². The number of urea groups is 1. The number of nitrogens with one attached hydrogen (secondary N) is 1. The summed E-state index contributed by atoms with van der Waals surface area (Å²) < 4.78 is 0.410. The second-order valence-corrected chi connectivity index (χ2v) is 7.08. The molecule has 0 saturated carbocycles. The number of hydroxylamine groups is 2. The van der Waals surface area contributed by atoms with Crippen LogP contribution in [-0.4, -0.2) is 50.0 Å². The van der Waals surface area contributed by atoms with E-state index in [9.17, 15) is 10.0 Å². The number of thiocarbonyl (C=S) groups is 1. The van der Waals surface area contributed by atoms with Gasteiger partial charge in [-0.2, -0.15) is 5.06 Å². The monoisotopic (exact) mass is 291 g/mol. The van der Waals surface area contributed by atoms with Crippen LogP contribution in [-0.2, 0) is 0 Å². The molecule has 2 amide bonds. The summed E-state index contributed by atoms with van der Waals surface area (Å²) in [4.78, 5) is 13.5. The molecule has 18 heavy (non-hydrogen) atoms. The lowest BCUT2D eigenvalue weighted by Crippen LogP contribution is -2.56. The first-order valence-corrected chi connectivity index (χ1v) is 7.27. The Hall–Kier alpha value is -0.530. The fraction of sp³-hybridized carbons (Fsp3) is 0.818. The molecule has 1 fully saturated rings. The molecule has 0 spiro atoms. The summed E-state index contributed by atoms with van der Waals surface area (Å²) in [7, 11) is 1.50. The molecule has 1 unspecified atom stereocenters. The SMILES string of the molecule is CCCCN1C(=S)SC(C)(C)C1N(O)C(=O)NC. The van der Waals surface area contributed by atoms with Gasteiger partial charge in [0.2, 0.25) is 0 Å². The second kappa shape index (κ2) is 6.08. The minimum absolute atomic E-state index is 0.327. The number of thioether (sulfide) groups is 1. The van der Waals surface area contributed by atoms with Crippen LogP contribution in [0.25, 0.3) is 0 Å². The third-order valence-corrected chi connectivity index (χ3v) is 4.54. The smallest absolute Gasteiger partial charge is 0.339 e. The van der Waals surface area contributed by atoms with Gasteiger partial charge in [0.05, 0.1) is 4.75 Å². The Morgan fingerprint density at radius 3 is 2.78 bits per heavy atom. The minimum Gasteiger partial charge on any atom is -0.339 e. The van der Waals surface area contributed by atoms with E-state index in [-0.39, 0.29) is 4.75 Å². The first kappa shape index (κ1) is 15.5. The molecule has 1 atom stereocenters. The van der Waals surface area contributed by atoms with Gasteiger partial charge in [-0.15, -0.1) is 0 Å². The summed E-state index contributed by atoms with van der Waals surface area (Å²) in [5, 5.41) is 13.2. The number of carbonyl (C=O) groups is 1. The molecule has 0 bridgehead atoms. The quantitative estimate of drug-likeness (QED) is 0.473. The second-order valence-electron chi connectivity index (χ2n) is 4.79. The number of nitrogens with zero attached hydrogens (tertiary/aromatic N) is 2. The fourth-order valence-corrected chi connectivity index (χ4v) is 3.93. The van der Waals surface area contributed by atoms with Gasteiger partial charge in [0.15, 0.2) is 0 Å². The minimum atomic E-state index is -0.514. The normalized spacial score (nSPS) is 22.2. The van der Waals surface area contributed by atoms with E-state index in [4.69, 9.17) is 12.2 Å². The van der Waals surface area contributed by atoms with Crippen molar-refractivity contribution < 1.29 is 10.0 Å². The van der Waals surface area contributed by atoms with Crippen LogP contribution >= 0.6 is 24.0 Å². The van der Waals surface area contributed by atoms with E-state index in [1.54, 1.807) is 0 Å². The van der Waals surface area contributed by atoms with Gasteiger partial charge in [-0.25, -0.2) is 4.79 Å². The highest BCUT2D eigenvalue weighted by atomic mass is 32.2. The first-order valence-electron chi connectivity index (χ1n) is 6.04. The summed E-state index contributed by atoms with van der Waals surface area (Å²) >= 11 is 6.86. The molecule has 104 valence electrons. The van der Waals surface area contributed by atoms with E-state index in [0.29, 0.717) is 0 Å². The van der Waals surface area contributed by atoms with Crippen LogP contribution < -0.4 is 5.32 Å². The Morgan fingerprint density at radius 2 is 2.28 bits per heavy atom. The van der Waals surface area contributed by atoms with E-state index in [0.717, 1.165) is 28.8 Å². The first-order chi connectivity index (χ1) is 8.35. The third-order valence-electron chi connectivity index (χ3n) is 2.91. The van der Waals surface area contributed by atoms with Gasteiger partial charge in [0.1, 0.15) is 10.5 Å². The maximum absolute atomic E-state index is 11.6. The maximum atomic E-state index is 11.6. The zero-order chi connectivity index (χ0) is 13.9. The third kappa shape index (κ3) is 3.07. The van der Waals surface area contributed by atoms with Gasteiger partial charge < -0.3 is 10.2 Å². The highest BCUT2D eigenvalue weighted by Crippen LogP contribution is 2.42. The highest BCUT2D eigenvalue weighted by molar-refractivity contribution is 8.24. The zero-order valence-corrected chi connectivity index (χ0v) is 12.9. The molecule has 0 aromatic carbocycles. The number of carbonyl (C=O) groups excluding carboxylic acids is 1. The lowest BCUT2D eigenvalue weighted by atomic mass is 10.1. The van der Waals surface area contributed by atoms with Crippen LogP contribution in [0.15, 0.2) is 0 Å². The van der Waals surface area contributed by atoms with Crippen LogP contribution in [0.3, 0.4) is 0 Å². The summed E-state index contributed by atoms with van der Waals surface area (Å²) in [5.74, 6) is 0. The van der Waals surface area contributed by atoms with Crippen molar-refractivity contribution in [3.8, 4) is 0 Å². The maximum Gasteiger partial charge on any atom is 0.342 e. The lowest BCUT2D eigenvalue weighted by Gasteiger charge is -2.36. The molecule has 1 aliphatic rings. The van der Waals surface area contributed by atoms with Crippen LogP contribution in [0.5, 0.6) is 0 Å². The molecule has 7 heteroatoms. The average Bonchev–Trinajstić information content (AvgIpc) is 2.53. The molecule has 1 saturated heterocycles. The van der Waals surface area contributed by atoms with Gasteiger partial charge in [-0.3, -0.25) is 5.21 Å². The molecule has 0 aromatic rings. The van der Waals surface area contributed by atoms with Crippen molar-refractivity contribution in [2.45, 2.75) is 44.5 Å². The summed E-state index contributed by atoms with van der Waals surface area (Å²) in [6.07, 6.45) is 1.60. The van der Waals surface area contributed by atoms with E-state index in [1.807, 2.05) is 18.7 Å². The lowest BCUT2D eigenvalue weighted by molar-refractivity contribution is -0.118. The van der Waals surface area contributed by atoms with Gasteiger partial charge in [0.25, 0.3) is 0 Å². The van der Waals surface area contributed by atoms with E-state index >= 15 is 0 Å². The number of rotatable bonds is 4. The molecule has 0 aliphatic carbocycles. The molecular formula is C11H21N3O2S2. The number of amides is 2. The van der Waals surface area contributed by atoms with E-state index in [2.05, 4.69) is 12.2 Å². The highest BCUT2D eigenvalue weighted by Gasteiger charge is 2.48. The van der Waals surface area contributed by atoms with Crippen LogP contribution in [0.2, 0.25) is 0 Å². The van der Waals surface area contributed by atoms with E-state index < -0.39 is 12.2 Å². The Morgan fingerprint density at radius 1 is 1.67 bits per heavy atom. The van der Waals surface area contributed by atoms with Crippen molar-refractivity contribution in [3.63, 3.8) is 0 Å². The Bertz CT molecular complexity index is 336. The Labute approximate surface area is 118 Å². The number of hydrogen-bond donors (Lipinski definition) is 2. The van der Waals surface area contributed by atoms with Gasteiger partial charge in [-0.1, -0.05) is 37.3 Å². The van der Waals surface area contributed by atoms with Crippen LogP contribution in [0.4, 0.5) is 4.79 Å². The van der Waals surface area contributed by atoms with Crippen molar-refractivity contribution >= 4 is 34.3 Å². The summed E-state index contributed by atoms with van der Waals surface area (Å²) in [6, 6.07) is -0.514. The zero-order valence-electron chi connectivity index (χ0n) is 11.3. The Balaban J connectivity index is 2.92. The van der Waals surface area contributed by atoms with Gasteiger partial charge in [-0.05, 0) is 20.3 Å². The topological polar surface area (TPSA) is 55.8 Å². The molecule has 1 aliphatic heterocycles. The largest absolute Gasteiger partial charge is 0.342 e. The Kier molecular flexibility index (Phi) is 5.24. The number of unbranched alkanes of at least 4 members (excludes halogenated alkanes) is 1. The molecule has 2 N–H and O–H groups in total. The van der Waals surface area contributed by atoms with Crippen LogP contribution in [0, 0.1) is 0 Å². The standard InChI is InChI=1S/C11H21N3O2S2/c1-5-6-7-13-8(14(16)9(15)12-4)11(2,3)18-10(13)17/h8,16H,5-7H2,1-4H3,(H,12,15). The van der Waals surface area contributed by atoms with Gasteiger partial charge >= 0.3 is 6.03 Å². The molecule has 1 rings (SSSR count). The van der Waals surface area contributed by atoms with Gasteiger partial charge in [0, 0.05) is 13.6 Å². The van der Waals surface area contributed by atoms with Crippen molar-refractivity contribution in [2.24, 2.45) is 0 Å². The molecule has 0 radical (unpaired) electrons. The summed E-state index contributed by atoms with van der Waals surface area (Å²) in [5.41, 5.74) is 0. The van der Waals surface area contributed by atoms with Crippen molar-refractivity contribution in [2.75, 3.05) is 13.6 Å². The summed E-state index contributed by atoms with van der Waals surface area (Å²) in [6.45, 7) is 6.81. The van der Waals surface area contributed by atoms with E-state index in [1.165, 1.54) is 18.8 Å². The molecule has 5 nitrogen and oxygen atoms in total. The van der Waals surface area contributed by atoms with Crippen molar-refractivity contribution in [1.82, 2.24) is 15.3 Å². The average molecular weight is 291 g/mol. The van der Waals surface area contributed by atoms with Crippen LogP contribution in [0.1, 0.15) is 33.6 Å². The molecular weight excluding hydrogens is 270 g/mol. The predicted octanol–water partition coefficient (Wildman–Crippen LogP) is 2.26. The van der Waals surface area contributed by atoms with Crippen molar-refractivity contribution in [3.05, 3.63) is 0 Å². The fourth-order valence-electron chi connectivity index (χ4n) is 2.01. The molecule has 0 aromatic heterocycles. The molecule has 1 heterocycles. The predicted molar refractivity (Wildman–Crippen MR) is 77.8 cm³/mol. The number of hydrogen-bond acceptors (Lipinski definition) is 4.